The Kier molecular flexibility index (Phi) is 77.3. The summed E-state index contributed by atoms with van der Waals surface area (Å²) >= 11 is 0. The Bertz CT molecular complexity index is 2080. The molecule has 0 aliphatic heterocycles. The summed E-state index contributed by atoms with van der Waals surface area (Å²) in [6.45, 7) is 34.6. The van der Waals surface area contributed by atoms with Crippen molar-refractivity contribution in [2.24, 2.45) is 11.8 Å². The van der Waals surface area contributed by atoms with Gasteiger partial charge in [-0.15, -0.1) is 0 Å². The zero-order chi connectivity index (χ0) is 78.6. The highest BCUT2D eigenvalue weighted by atomic mass is 16.7. The summed E-state index contributed by atoms with van der Waals surface area (Å²) in [5, 5.41) is 37.9. The van der Waals surface area contributed by atoms with Gasteiger partial charge in [0.1, 0.15) is 24.6 Å². The number of carbonyl (C=O) groups is 4. The zero-order valence-electron chi connectivity index (χ0n) is 69.9. The van der Waals surface area contributed by atoms with Crippen LogP contribution in [0.2, 0.25) is 0 Å². The van der Waals surface area contributed by atoms with Crippen molar-refractivity contribution in [1.82, 2.24) is 19.6 Å². The number of aliphatic hydroxyl groups excluding tert-OH is 3. The quantitative estimate of drug-likeness (QED) is 0.0137. The summed E-state index contributed by atoms with van der Waals surface area (Å²) in [6.07, 6.45) is 45.9. The fourth-order valence-electron chi connectivity index (χ4n) is 13.2. The molecule has 4 unspecified atom stereocenters. The predicted molar refractivity (Wildman–Crippen MR) is 436 cm³/mol. The van der Waals surface area contributed by atoms with Gasteiger partial charge in [0.05, 0.1) is 38.0 Å². The number of nitro benzene ring substituents is 1. The molecule has 0 radical (unpaired) electrons. The van der Waals surface area contributed by atoms with E-state index in [0.717, 1.165) is 213 Å². The van der Waals surface area contributed by atoms with Gasteiger partial charge in [-0.1, -0.05) is 236 Å². The van der Waals surface area contributed by atoms with Crippen molar-refractivity contribution < 1.29 is 67.8 Å². The van der Waals surface area contributed by atoms with E-state index < -0.39 is 17.2 Å². The minimum Gasteiger partial charge on any atom is -0.465 e. The van der Waals surface area contributed by atoms with Crippen LogP contribution in [-0.4, -0.2) is 194 Å². The van der Waals surface area contributed by atoms with Gasteiger partial charge in [-0.2, -0.15) is 0 Å². The smallest absolute Gasteiger partial charge is 0.465 e. The van der Waals surface area contributed by atoms with Gasteiger partial charge < -0.3 is 53.5 Å². The maximum absolute atomic E-state index is 12.6. The second-order valence-electron chi connectivity index (χ2n) is 29.4. The first-order chi connectivity index (χ1) is 51.6. The van der Waals surface area contributed by atoms with E-state index in [1.165, 1.54) is 133 Å². The molecule has 4 atom stereocenters. The molecule has 0 saturated heterocycles. The number of unbranched alkanes of at least 4 members (excludes halogenated alkanes) is 24. The van der Waals surface area contributed by atoms with Crippen molar-refractivity contribution in [2.75, 3.05) is 118 Å². The standard InChI is InChI=1S/C40H80N2O6.C35H59NO7.C11H26N2O2/c1-6-11-14-20-26-37(25-13-8-3)36-47-39(44)29-23-19-17-16-18-22-28-38(27-21-15-12-7-2)48-40(45)46-35-33-42(32-34-43)31-24-30-41(9-4)10-5;1-4-7-10-16-21-30(20-9-6-3)29-41-34(37)24-19-15-13-12-14-18-23-32(22-17-11-8-5-2)42-35(38)43-33-27-25-31(26-28-33)36(39)40;1-3-12(4-2)6-5-7-13(8-10-14)9-11-15/h37-38,43H,6-36H2,1-5H3;25-28,30,32H,4-24,29H2,1-3H3;14-15H,3-11H2,1-2H3. The van der Waals surface area contributed by atoms with Crippen molar-refractivity contribution in [3.05, 3.63) is 34.4 Å². The SMILES string of the molecule is CCCCCCC(CCCC)COC(=O)CCCCCCCCC(CCCCCC)OC(=O)OCCN(CCO)CCCN(CC)CC.CCCCCCC(CCCC)COC(=O)CCCCCCCCC(CCCCCC)OC(=O)Oc1ccc([N+](=O)[O-])cc1.CCN(CC)CCCN(CCO)CCO. The molecule has 0 bridgehead atoms. The number of hydrogen-bond acceptors (Lipinski definition) is 19. The average Bonchev–Trinajstić information content (AvgIpc) is 0.888. The number of nitrogens with zero attached hydrogens (tertiary/aromatic N) is 5. The normalized spacial score (nSPS) is 12.5. The summed E-state index contributed by atoms with van der Waals surface area (Å²) in [6, 6.07) is 5.40. The van der Waals surface area contributed by atoms with E-state index in [-0.39, 0.29) is 62.0 Å². The van der Waals surface area contributed by atoms with Crippen LogP contribution in [0.3, 0.4) is 0 Å². The molecule has 20 heteroatoms. The average molecular weight is 1510 g/mol. The molecule has 1 rings (SSSR count). The molecule has 0 fully saturated rings. The first-order valence-corrected chi connectivity index (χ1v) is 43.6. The molecule has 1 aromatic rings. The molecule has 624 valence electrons. The topological polar surface area (TPSA) is 240 Å². The third-order valence-corrected chi connectivity index (χ3v) is 20.2. The summed E-state index contributed by atoms with van der Waals surface area (Å²) in [7, 11) is 0. The molecule has 0 saturated carbocycles. The minimum atomic E-state index is -0.769. The summed E-state index contributed by atoms with van der Waals surface area (Å²) in [5.41, 5.74) is -0.0612. The van der Waals surface area contributed by atoms with Gasteiger partial charge in [0, 0.05) is 51.2 Å². The molecule has 0 amide bonds. The maximum Gasteiger partial charge on any atom is 0.514 e. The lowest BCUT2D eigenvalue weighted by Gasteiger charge is -2.24. The number of hydrogen-bond donors (Lipinski definition) is 3. The molecule has 0 aromatic heterocycles. The number of rotatable bonds is 73. The van der Waals surface area contributed by atoms with Gasteiger partial charge in [0.2, 0.25) is 0 Å². The molecule has 0 spiro atoms. The lowest BCUT2D eigenvalue weighted by atomic mass is 9.96. The number of esters is 2. The number of benzene rings is 1. The Labute approximate surface area is 648 Å². The fourth-order valence-corrected chi connectivity index (χ4v) is 13.2. The number of ether oxygens (including phenoxy) is 6. The van der Waals surface area contributed by atoms with E-state index in [0.29, 0.717) is 64.1 Å². The van der Waals surface area contributed by atoms with E-state index in [9.17, 15) is 34.4 Å². The summed E-state index contributed by atoms with van der Waals surface area (Å²) in [4.78, 5) is 68.9. The number of non-ortho nitro benzene ring substituents is 1. The molecular formula is C86H165N5O15. The minimum absolute atomic E-state index is 0.0311. The molecule has 0 aliphatic rings. The van der Waals surface area contributed by atoms with Crippen LogP contribution in [-0.2, 0) is 33.3 Å². The first kappa shape index (κ1) is 104. The van der Waals surface area contributed by atoms with Gasteiger partial charge in [-0.25, -0.2) is 9.59 Å². The highest BCUT2D eigenvalue weighted by Gasteiger charge is 2.20. The molecule has 0 heterocycles. The lowest BCUT2D eigenvalue weighted by molar-refractivity contribution is -0.384. The molecule has 1 aromatic carbocycles. The third kappa shape index (κ3) is 66.8. The first-order valence-electron chi connectivity index (χ1n) is 43.6. The Morgan fingerprint density at radius 3 is 1.02 bits per heavy atom. The second-order valence-corrected chi connectivity index (χ2v) is 29.4. The van der Waals surface area contributed by atoms with Gasteiger partial charge in [-0.3, -0.25) is 29.5 Å². The number of aliphatic hydroxyl groups is 3. The van der Waals surface area contributed by atoms with Crippen LogP contribution < -0.4 is 4.74 Å². The monoisotopic (exact) mass is 1510 g/mol. The van der Waals surface area contributed by atoms with Crippen LogP contribution in [0.15, 0.2) is 24.3 Å². The van der Waals surface area contributed by atoms with Crippen molar-refractivity contribution in [2.45, 2.75) is 364 Å². The van der Waals surface area contributed by atoms with Gasteiger partial charge in [-0.05, 0) is 179 Å². The molecule has 20 nitrogen and oxygen atoms in total. The van der Waals surface area contributed by atoms with Crippen molar-refractivity contribution >= 4 is 29.9 Å². The fraction of sp³-hybridized carbons (Fsp3) is 0.884. The molecule has 0 aliphatic carbocycles. The number of carbonyl (C=O) groups excluding carboxylic acids is 4. The van der Waals surface area contributed by atoms with Crippen LogP contribution in [0.25, 0.3) is 0 Å². The summed E-state index contributed by atoms with van der Waals surface area (Å²) in [5.74, 6) is 1.16. The van der Waals surface area contributed by atoms with Crippen LogP contribution in [0.5, 0.6) is 5.75 Å². The van der Waals surface area contributed by atoms with Crippen LogP contribution in [0.4, 0.5) is 15.3 Å². The van der Waals surface area contributed by atoms with E-state index in [1.54, 1.807) is 0 Å². The van der Waals surface area contributed by atoms with Crippen LogP contribution in [0.1, 0.15) is 352 Å². The largest absolute Gasteiger partial charge is 0.514 e. The second kappa shape index (κ2) is 78.9. The Morgan fingerprint density at radius 1 is 0.358 bits per heavy atom. The summed E-state index contributed by atoms with van der Waals surface area (Å²) < 4.78 is 33.5. The Morgan fingerprint density at radius 2 is 0.670 bits per heavy atom. The van der Waals surface area contributed by atoms with E-state index in [2.05, 4.69) is 88.8 Å². The third-order valence-electron chi connectivity index (χ3n) is 20.2. The zero-order valence-corrected chi connectivity index (χ0v) is 69.9. The van der Waals surface area contributed by atoms with Gasteiger partial charge in [0.25, 0.3) is 5.69 Å². The number of nitro groups is 1. The Balaban J connectivity index is 0. The Hall–Kier alpha value is -4.18. The maximum atomic E-state index is 12.6. The van der Waals surface area contributed by atoms with Crippen LogP contribution in [0, 0.1) is 22.0 Å². The lowest BCUT2D eigenvalue weighted by Crippen LogP contribution is -2.34. The van der Waals surface area contributed by atoms with Gasteiger partial charge >= 0.3 is 24.2 Å². The highest BCUT2D eigenvalue weighted by molar-refractivity contribution is 5.69. The van der Waals surface area contributed by atoms with Crippen molar-refractivity contribution in [1.29, 1.82) is 0 Å². The van der Waals surface area contributed by atoms with Crippen LogP contribution >= 0.6 is 0 Å². The van der Waals surface area contributed by atoms with Crippen molar-refractivity contribution in [3.63, 3.8) is 0 Å². The van der Waals surface area contributed by atoms with Crippen molar-refractivity contribution in [3.8, 4) is 5.75 Å². The van der Waals surface area contributed by atoms with E-state index in [1.807, 2.05) is 0 Å². The molecule has 106 heavy (non-hydrogen) atoms. The molecular weight excluding hydrogens is 1340 g/mol. The van der Waals surface area contributed by atoms with Gasteiger partial charge in [0.15, 0.2) is 0 Å². The highest BCUT2D eigenvalue weighted by Crippen LogP contribution is 2.24. The van der Waals surface area contributed by atoms with E-state index in [4.69, 9.17) is 38.6 Å². The van der Waals surface area contributed by atoms with E-state index >= 15 is 0 Å². The molecule has 3 N–H and O–H groups in total. The predicted octanol–water partition coefficient (Wildman–Crippen LogP) is 20.8.